The minimum atomic E-state index is -0.890. The van der Waals surface area contributed by atoms with Crippen molar-refractivity contribution < 1.29 is 9.90 Å². The Morgan fingerprint density at radius 2 is 2.50 bits per heavy atom. The molecule has 0 aromatic carbocycles. The van der Waals surface area contributed by atoms with Gasteiger partial charge in [0.05, 0.1) is 0 Å². The second-order valence-corrected chi connectivity index (χ2v) is 4.06. The topological polar surface area (TPSA) is 37.3 Å². The van der Waals surface area contributed by atoms with Gasteiger partial charge in [-0.3, -0.25) is 4.79 Å². The molecule has 0 amide bonds. The predicted octanol–water partition coefficient (Wildman–Crippen LogP) is 2.40. The Labute approximate surface area is 87.6 Å². The molecule has 1 unspecified atom stereocenters. The predicted molar refractivity (Wildman–Crippen MR) is 57.2 cm³/mol. The van der Waals surface area contributed by atoms with Gasteiger partial charge >= 0.3 is 5.97 Å². The van der Waals surface area contributed by atoms with E-state index in [2.05, 4.69) is 12.0 Å². The molecule has 1 aromatic rings. The van der Waals surface area contributed by atoms with Gasteiger partial charge in [0.1, 0.15) is 5.92 Å². The molecular formula is C11H12O2S. The normalized spacial score (nSPS) is 11.9. The minimum absolute atomic E-state index is 0.559. The highest BCUT2D eigenvalue weighted by atomic mass is 32.1. The number of hydrogen-bond donors (Lipinski definition) is 1. The number of aryl methyl sites for hydroxylation is 1. The summed E-state index contributed by atoms with van der Waals surface area (Å²) in [5.41, 5.74) is 0. The lowest BCUT2D eigenvalue weighted by atomic mass is 10.0. The first-order valence-electron chi connectivity index (χ1n) is 4.45. The molecule has 14 heavy (non-hydrogen) atoms. The summed E-state index contributed by atoms with van der Waals surface area (Å²) in [6, 6.07) is 4.05. The quantitative estimate of drug-likeness (QED) is 0.754. The van der Waals surface area contributed by atoms with E-state index < -0.39 is 11.9 Å². The van der Waals surface area contributed by atoms with Gasteiger partial charge in [-0.1, -0.05) is 12.0 Å². The van der Waals surface area contributed by atoms with Crippen LogP contribution in [0.5, 0.6) is 0 Å². The molecule has 1 N–H and O–H groups in total. The van der Waals surface area contributed by atoms with E-state index in [9.17, 15) is 4.79 Å². The number of thiophene rings is 1. The molecule has 0 aliphatic rings. The average molecular weight is 208 g/mol. The Balaban J connectivity index is 2.28. The zero-order chi connectivity index (χ0) is 10.4. The summed E-state index contributed by atoms with van der Waals surface area (Å²) < 4.78 is 0. The highest BCUT2D eigenvalue weighted by molar-refractivity contribution is 7.09. The summed E-state index contributed by atoms with van der Waals surface area (Å²) in [5, 5.41) is 10.7. The molecule has 0 bridgehead atoms. The van der Waals surface area contributed by atoms with Crippen molar-refractivity contribution >= 4 is 17.3 Å². The summed E-state index contributed by atoms with van der Waals surface area (Å²) in [6.07, 6.45) is 7.42. The number of carboxylic acid groups (broad SMARTS) is 1. The molecule has 0 saturated heterocycles. The summed E-state index contributed by atoms with van der Waals surface area (Å²) in [4.78, 5) is 11.9. The Hall–Kier alpha value is -1.27. The Kier molecular flexibility index (Phi) is 4.21. The molecule has 2 nitrogen and oxygen atoms in total. The van der Waals surface area contributed by atoms with Crippen molar-refractivity contribution in [1.82, 2.24) is 0 Å². The fourth-order valence-corrected chi connectivity index (χ4v) is 1.96. The van der Waals surface area contributed by atoms with E-state index in [-0.39, 0.29) is 0 Å². The number of rotatable bonds is 5. The van der Waals surface area contributed by atoms with Crippen molar-refractivity contribution in [2.24, 2.45) is 5.92 Å². The maximum Gasteiger partial charge on any atom is 0.318 e. The second-order valence-electron chi connectivity index (χ2n) is 3.03. The van der Waals surface area contributed by atoms with Crippen LogP contribution in [-0.4, -0.2) is 11.1 Å². The van der Waals surface area contributed by atoms with E-state index in [4.69, 9.17) is 11.5 Å². The van der Waals surface area contributed by atoms with E-state index in [0.717, 1.165) is 12.8 Å². The van der Waals surface area contributed by atoms with Gasteiger partial charge in [0.15, 0.2) is 0 Å². The largest absolute Gasteiger partial charge is 0.480 e. The number of aliphatic carboxylic acids is 1. The zero-order valence-corrected chi connectivity index (χ0v) is 8.59. The smallest absolute Gasteiger partial charge is 0.318 e. The van der Waals surface area contributed by atoms with Crippen LogP contribution in [0.2, 0.25) is 0 Å². The van der Waals surface area contributed by atoms with Gasteiger partial charge in [-0.15, -0.1) is 17.8 Å². The van der Waals surface area contributed by atoms with Crippen LogP contribution in [0.15, 0.2) is 17.5 Å². The molecule has 0 aliphatic carbocycles. The first-order valence-corrected chi connectivity index (χ1v) is 5.33. The number of carboxylic acids is 1. The van der Waals surface area contributed by atoms with Crippen molar-refractivity contribution in [2.45, 2.75) is 19.3 Å². The molecule has 0 spiro atoms. The third kappa shape index (κ3) is 3.23. The summed E-state index contributed by atoms with van der Waals surface area (Å²) in [6.45, 7) is 0. The van der Waals surface area contributed by atoms with E-state index in [1.807, 2.05) is 11.4 Å². The summed E-state index contributed by atoms with van der Waals surface area (Å²) in [5.74, 6) is 0.766. The molecule has 3 heteroatoms. The lowest BCUT2D eigenvalue weighted by molar-refractivity contribution is -0.139. The zero-order valence-electron chi connectivity index (χ0n) is 7.77. The fraction of sp³-hybridized carbons (Fsp3) is 0.364. The van der Waals surface area contributed by atoms with Crippen LogP contribution in [0.1, 0.15) is 17.7 Å². The molecular weight excluding hydrogens is 196 g/mol. The maximum absolute atomic E-state index is 10.6. The van der Waals surface area contributed by atoms with Gasteiger partial charge in [-0.05, 0) is 30.7 Å². The molecule has 0 saturated carbocycles. The lowest BCUT2D eigenvalue weighted by Gasteiger charge is -2.03. The Morgan fingerprint density at radius 1 is 1.71 bits per heavy atom. The van der Waals surface area contributed by atoms with Crippen molar-refractivity contribution in [3.8, 4) is 12.3 Å². The van der Waals surface area contributed by atoms with E-state index in [0.29, 0.717) is 6.42 Å². The van der Waals surface area contributed by atoms with Crippen LogP contribution >= 0.6 is 11.3 Å². The second kappa shape index (κ2) is 5.46. The van der Waals surface area contributed by atoms with Gasteiger partial charge in [0, 0.05) is 4.88 Å². The van der Waals surface area contributed by atoms with Crippen LogP contribution in [0.3, 0.4) is 0 Å². The molecule has 0 aliphatic heterocycles. The summed E-state index contributed by atoms with van der Waals surface area (Å²) in [7, 11) is 0. The SMILES string of the molecule is C#CC(CCCc1cccs1)C(=O)O. The maximum atomic E-state index is 10.6. The highest BCUT2D eigenvalue weighted by Crippen LogP contribution is 2.14. The standard InChI is InChI=1S/C11H12O2S/c1-2-9(11(12)13)5-3-6-10-7-4-8-14-10/h1,4,7-9H,3,5-6H2,(H,12,13). The first kappa shape index (κ1) is 10.8. The number of carbonyl (C=O) groups is 1. The number of terminal acetylenes is 1. The molecule has 1 heterocycles. The fourth-order valence-electron chi connectivity index (χ4n) is 1.21. The van der Waals surface area contributed by atoms with Gasteiger partial charge in [-0.25, -0.2) is 0 Å². The summed E-state index contributed by atoms with van der Waals surface area (Å²) >= 11 is 1.69. The Bertz CT molecular complexity index is 322. The average Bonchev–Trinajstić information content (AvgIpc) is 2.64. The van der Waals surface area contributed by atoms with Gasteiger partial charge in [0.25, 0.3) is 0 Å². The molecule has 0 radical (unpaired) electrons. The molecule has 1 rings (SSSR count). The molecule has 1 aromatic heterocycles. The van der Waals surface area contributed by atoms with Gasteiger partial charge in [0.2, 0.25) is 0 Å². The van der Waals surface area contributed by atoms with Crippen molar-refractivity contribution in [3.63, 3.8) is 0 Å². The van der Waals surface area contributed by atoms with Crippen LogP contribution in [0.4, 0.5) is 0 Å². The van der Waals surface area contributed by atoms with E-state index in [1.54, 1.807) is 11.3 Å². The van der Waals surface area contributed by atoms with Crippen LogP contribution in [0.25, 0.3) is 0 Å². The lowest BCUT2D eigenvalue weighted by Crippen LogP contribution is -2.11. The van der Waals surface area contributed by atoms with E-state index >= 15 is 0 Å². The van der Waals surface area contributed by atoms with Crippen LogP contribution in [0, 0.1) is 18.3 Å². The first-order chi connectivity index (χ1) is 6.74. The third-order valence-electron chi connectivity index (χ3n) is 2.00. The minimum Gasteiger partial charge on any atom is -0.480 e. The Morgan fingerprint density at radius 3 is 3.00 bits per heavy atom. The third-order valence-corrected chi connectivity index (χ3v) is 2.93. The highest BCUT2D eigenvalue weighted by Gasteiger charge is 2.12. The monoisotopic (exact) mass is 208 g/mol. The van der Waals surface area contributed by atoms with Gasteiger partial charge in [-0.2, -0.15) is 0 Å². The molecule has 1 atom stereocenters. The van der Waals surface area contributed by atoms with Crippen LogP contribution < -0.4 is 0 Å². The van der Waals surface area contributed by atoms with Crippen molar-refractivity contribution in [3.05, 3.63) is 22.4 Å². The molecule has 0 fully saturated rings. The van der Waals surface area contributed by atoms with Gasteiger partial charge < -0.3 is 5.11 Å². The number of hydrogen-bond acceptors (Lipinski definition) is 2. The molecule has 74 valence electrons. The van der Waals surface area contributed by atoms with E-state index in [1.165, 1.54) is 4.88 Å². The van der Waals surface area contributed by atoms with Crippen LogP contribution in [-0.2, 0) is 11.2 Å². The van der Waals surface area contributed by atoms with Crippen molar-refractivity contribution in [1.29, 1.82) is 0 Å². The van der Waals surface area contributed by atoms with Crippen molar-refractivity contribution in [2.75, 3.05) is 0 Å².